The zero-order valence-corrected chi connectivity index (χ0v) is 21.4. The Morgan fingerprint density at radius 2 is 1.67 bits per heavy atom. The molecule has 0 spiro atoms. The van der Waals surface area contributed by atoms with E-state index in [2.05, 4.69) is 33.6 Å². The molecule has 2 rings (SSSR count). The van der Waals surface area contributed by atoms with E-state index in [4.69, 9.17) is 5.73 Å². The quantitative estimate of drug-likeness (QED) is 0.169. The number of para-hydroxylation sites is 1. The number of amides is 3. The van der Waals surface area contributed by atoms with Crippen molar-refractivity contribution >= 4 is 47.2 Å². The molecule has 1 aromatic heterocycles. The number of carboxylic acids is 1. The van der Waals surface area contributed by atoms with E-state index in [1.807, 2.05) is 31.2 Å². The van der Waals surface area contributed by atoms with Crippen LogP contribution >= 0.6 is 12.6 Å². The van der Waals surface area contributed by atoms with E-state index in [0.717, 1.165) is 10.9 Å². The van der Waals surface area contributed by atoms with Crippen molar-refractivity contribution in [3.63, 3.8) is 0 Å². The number of H-pyrrole nitrogens is 1. The van der Waals surface area contributed by atoms with Crippen LogP contribution in [0.2, 0.25) is 0 Å². The molecule has 1 heterocycles. The number of thiol groups is 1. The maximum Gasteiger partial charge on any atom is 0.327 e. The molecule has 0 fully saturated rings. The molecule has 0 saturated heterocycles. The number of aliphatic hydroxyl groups is 1. The van der Waals surface area contributed by atoms with Crippen LogP contribution in [0.4, 0.5) is 0 Å². The van der Waals surface area contributed by atoms with Crippen LogP contribution in [0.1, 0.15) is 32.8 Å². The van der Waals surface area contributed by atoms with Gasteiger partial charge in [-0.2, -0.15) is 12.6 Å². The van der Waals surface area contributed by atoms with Gasteiger partial charge in [-0.1, -0.05) is 38.5 Å². The second-order valence-corrected chi connectivity index (χ2v) is 9.21. The third kappa shape index (κ3) is 7.45. The number of nitrogens with one attached hydrogen (secondary N) is 4. The van der Waals surface area contributed by atoms with Gasteiger partial charge >= 0.3 is 5.97 Å². The lowest BCUT2D eigenvalue weighted by Gasteiger charge is -2.27. The Labute approximate surface area is 215 Å². The Bertz CT molecular complexity index is 1070. The van der Waals surface area contributed by atoms with Gasteiger partial charge in [0.2, 0.25) is 17.7 Å². The first kappa shape index (κ1) is 29.1. The van der Waals surface area contributed by atoms with E-state index >= 15 is 0 Å². The maximum atomic E-state index is 13.1. The van der Waals surface area contributed by atoms with E-state index < -0.39 is 54.0 Å². The van der Waals surface area contributed by atoms with Gasteiger partial charge < -0.3 is 36.9 Å². The molecule has 6 unspecified atom stereocenters. The summed E-state index contributed by atoms with van der Waals surface area (Å²) in [5, 5.41) is 27.7. The normalized spacial score (nSPS) is 16.3. The average molecular weight is 522 g/mol. The molecule has 36 heavy (non-hydrogen) atoms. The minimum absolute atomic E-state index is 0.0212. The lowest BCUT2D eigenvalue weighted by molar-refractivity contribution is -0.141. The highest BCUT2D eigenvalue weighted by atomic mass is 32.1. The number of carboxylic acid groups (broad SMARTS) is 1. The van der Waals surface area contributed by atoms with Crippen molar-refractivity contribution in [1.82, 2.24) is 20.9 Å². The standard InChI is InChI=1S/C24H35N5O6S/c1-4-12(2)19(25)22(32)29-20(13(3)30)23(33)27-17(21(31)28-18(11-36)24(34)35)9-14-10-26-16-8-6-5-7-15(14)16/h5-8,10,12-13,17-20,26,30,36H,4,9,11,25H2,1-3H3,(H,27,33)(H,28,31)(H,29,32)(H,34,35). The number of aromatic amines is 1. The number of benzene rings is 1. The van der Waals surface area contributed by atoms with E-state index in [1.165, 1.54) is 6.92 Å². The number of hydrogen-bond donors (Lipinski definition) is 8. The summed E-state index contributed by atoms with van der Waals surface area (Å²) in [4.78, 5) is 53.3. The largest absolute Gasteiger partial charge is 0.480 e. The summed E-state index contributed by atoms with van der Waals surface area (Å²) in [5.41, 5.74) is 7.49. The third-order valence-corrected chi connectivity index (χ3v) is 6.52. The summed E-state index contributed by atoms with van der Waals surface area (Å²) in [7, 11) is 0. The monoisotopic (exact) mass is 521 g/mol. The number of carbonyl (C=O) groups excluding carboxylic acids is 3. The fraction of sp³-hybridized carbons (Fsp3) is 0.500. The summed E-state index contributed by atoms with van der Waals surface area (Å²) in [6.45, 7) is 5.00. The van der Waals surface area contributed by atoms with Crippen LogP contribution < -0.4 is 21.7 Å². The van der Waals surface area contributed by atoms with Gasteiger partial charge in [-0.25, -0.2) is 4.79 Å². The van der Waals surface area contributed by atoms with Crippen molar-refractivity contribution in [2.75, 3.05) is 5.75 Å². The minimum Gasteiger partial charge on any atom is -0.480 e. The summed E-state index contributed by atoms with van der Waals surface area (Å²) >= 11 is 3.97. The molecule has 0 radical (unpaired) electrons. The number of fused-ring (bicyclic) bond motifs is 1. The molecule has 0 aliphatic rings. The van der Waals surface area contributed by atoms with E-state index in [0.29, 0.717) is 12.0 Å². The number of rotatable bonds is 13. The van der Waals surface area contributed by atoms with Crippen LogP contribution in [0.15, 0.2) is 30.5 Å². The van der Waals surface area contributed by atoms with Gasteiger partial charge in [0.15, 0.2) is 0 Å². The van der Waals surface area contributed by atoms with E-state index in [-0.39, 0.29) is 18.1 Å². The summed E-state index contributed by atoms with van der Waals surface area (Å²) in [5.74, 6) is -3.76. The number of hydrogen-bond acceptors (Lipinski definition) is 7. The summed E-state index contributed by atoms with van der Waals surface area (Å²) < 4.78 is 0. The van der Waals surface area contributed by atoms with Gasteiger partial charge in [0, 0.05) is 29.3 Å². The minimum atomic E-state index is -1.38. The SMILES string of the molecule is CCC(C)C(N)C(=O)NC(C(=O)NC(Cc1c[nH]c2ccccc12)C(=O)NC(CS)C(=O)O)C(C)O. The lowest BCUT2D eigenvalue weighted by atomic mass is 9.98. The average Bonchev–Trinajstić information content (AvgIpc) is 3.26. The molecule has 1 aromatic carbocycles. The molecule has 8 N–H and O–H groups in total. The smallest absolute Gasteiger partial charge is 0.327 e. The van der Waals surface area contributed by atoms with Gasteiger partial charge in [-0.05, 0) is 24.5 Å². The number of aromatic nitrogens is 1. The zero-order valence-electron chi connectivity index (χ0n) is 20.5. The number of aliphatic carboxylic acids is 1. The van der Waals surface area contributed by atoms with E-state index in [1.54, 1.807) is 13.1 Å². The Morgan fingerprint density at radius 3 is 2.25 bits per heavy atom. The number of aliphatic hydroxyl groups excluding tert-OH is 1. The molecule has 3 amide bonds. The highest BCUT2D eigenvalue weighted by Gasteiger charge is 2.33. The molecule has 11 nitrogen and oxygen atoms in total. The molecule has 6 atom stereocenters. The molecular weight excluding hydrogens is 486 g/mol. The highest BCUT2D eigenvalue weighted by Crippen LogP contribution is 2.19. The van der Waals surface area contributed by atoms with Crippen LogP contribution in [0.3, 0.4) is 0 Å². The van der Waals surface area contributed by atoms with Gasteiger partial charge in [0.25, 0.3) is 0 Å². The maximum absolute atomic E-state index is 13.1. The number of carbonyl (C=O) groups is 4. The molecule has 0 saturated carbocycles. The van der Waals surface area contributed by atoms with Crippen molar-refractivity contribution in [3.05, 3.63) is 36.0 Å². The van der Waals surface area contributed by atoms with Crippen molar-refractivity contribution in [2.24, 2.45) is 11.7 Å². The first-order valence-corrected chi connectivity index (χ1v) is 12.4. The van der Waals surface area contributed by atoms with Crippen LogP contribution in [0.5, 0.6) is 0 Å². The van der Waals surface area contributed by atoms with Crippen molar-refractivity contribution in [2.45, 2.75) is 63.9 Å². The summed E-state index contributed by atoms with van der Waals surface area (Å²) in [6, 6.07) is 2.62. The van der Waals surface area contributed by atoms with Gasteiger partial charge in [-0.3, -0.25) is 14.4 Å². The third-order valence-electron chi connectivity index (χ3n) is 6.15. The number of nitrogens with two attached hydrogens (primary N) is 1. The fourth-order valence-electron chi connectivity index (χ4n) is 3.62. The molecule has 12 heteroatoms. The molecule has 198 valence electrons. The molecule has 0 aliphatic carbocycles. The van der Waals surface area contributed by atoms with Gasteiger partial charge in [-0.15, -0.1) is 0 Å². The zero-order chi connectivity index (χ0) is 27.0. The first-order valence-electron chi connectivity index (χ1n) is 11.7. The van der Waals surface area contributed by atoms with Crippen molar-refractivity contribution in [3.8, 4) is 0 Å². The lowest BCUT2D eigenvalue weighted by Crippen LogP contribution is -2.60. The predicted octanol–water partition coefficient (Wildman–Crippen LogP) is -0.0666. The van der Waals surface area contributed by atoms with Crippen molar-refractivity contribution in [1.29, 1.82) is 0 Å². The topological polar surface area (TPSA) is 187 Å². The molecule has 0 bridgehead atoms. The Kier molecular flexibility index (Phi) is 10.8. The predicted molar refractivity (Wildman–Crippen MR) is 138 cm³/mol. The second kappa shape index (κ2) is 13.3. The Morgan fingerprint density at radius 1 is 1.03 bits per heavy atom. The molecular formula is C24H35N5O6S. The fourth-order valence-corrected chi connectivity index (χ4v) is 3.86. The van der Waals surface area contributed by atoms with Crippen LogP contribution in [0, 0.1) is 5.92 Å². The molecule has 0 aliphatic heterocycles. The van der Waals surface area contributed by atoms with Gasteiger partial charge in [0.05, 0.1) is 12.1 Å². The van der Waals surface area contributed by atoms with Crippen molar-refractivity contribution < 1.29 is 29.4 Å². The van der Waals surface area contributed by atoms with Crippen LogP contribution in [0.25, 0.3) is 10.9 Å². The van der Waals surface area contributed by atoms with E-state index in [9.17, 15) is 29.4 Å². The Balaban J connectivity index is 2.29. The Hall–Kier alpha value is -3.09. The highest BCUT2D eigenvalue weighted by molar-refractivity contribution is 7.80. The van der Waals surface area contributed by atoms with Crippen LogP contribution in [-0.2, 0) is 25.6 Å². The van der Waals surface area contributed by atoms with Gasteiger partial charge in [0.1, 0.15) is 18.1 Å². The summed E-state index contributed by atoms with van der Waals surface area (Å²) in [6.07, 6.45) is 1.07. The second-order valence-electron chi connectivity index (χ2n) is 8.84. The van der Waals surface area contributed by atoms with Crippen LogP contribution in [-0.4, -0.2) is 74.9 Å². The molecule has 2 aromatic rings. The first-order chi connectivity index (χ1) is 17.0.